The normalized spacial score (nSPS) is 26.5. The van der Waals surface area contributed by atoms with Gasteiger partial charge >= 0.3 is 0 Å². The molecule has 0 aromatic heterocycles. The molecule has 134 valence electrons. The van der Waals surface area contributed by atoms with E-state index in [0.29, 0.717) is 5.56 Å². The molecule has 1 heterocycles. The number of aryl methyl sites for hydroxylation is 1. The van der Waals surface area contributed by atoms with Gasteiger partial charge in [-0.2, -0.15) is 0 Å². The van der Waals surface area contributed by atoms with Crippen LogP contribution in [0.15, 0.2) is 30.4 Å². The molecular weight excluding hydrogens is 322 g/mol. The summed E-state index contributed by atoms with van der Waals surface area (Å²) in [4.78, 5) is 24.3. The number of ketones is 1. The first-order valence-electron chi connectivity index (χ1n) is 8.16. The molecular formula is C19H23NO5. The lowest BCUT2D eigenvalue weighted by Crippen LogP contribution is -2.33. The molecule has 4 N–H and O–H groups in total. The number of aliphatic hydroxyl groups excluding tert-OH is 2. The Morgan fingerprint density at radius 1 is 1.16 bits per heavy atom. The monoisotopic (exact) mass is 345 g/mol. The second-order valence-electron chi connectivity index (χ2n) is 6.35. The van der Waals surface area contributed by atoms with Crippen molar-refractivity contribution in [2.75, 3.05) is 6.54 Å². The molecule has 0 aliphatic carbocycles. The number of fused-ring (bicyclic) bond motifs is 1. The summed E-state index contributed by atoms with van der Waals surface area (Å²) in [6, 6.07) is 3.25. The summed E-state index contributed by atoms with van der Waals surface area (Å²) in [6.45, 7) is 3.85. The highest BCUT2D eigenvalue weighted by molar-refractivity contribution is 6.00. The minimum atomic E-state index is -1.50. The van der Waals surface area contributed by atoms with Crippen molar-refractivity contribution in [3.05, 3.63) is 47.1 Å². The van der Waals surface area contributed by atoms with Crippen molar-refractivity contribution < 1.29 is 24.9 Å². The Balaban J connectivity index is 2.42. The van der Waals surface area contributed by atoms with Crippen LogP contribution in [-0.4, -0.2) is 45.8 Å². The van der Waals surface area contributed by atoms with Crippen molar-refractivity contribution in [1.82, 2.24) is 5.32 Å². The molecule has 0 saturated heterocycles. The number of carbonyl (C=O) groups excluding carboxylic acids is 2. The van der Waals surface area contributed by atoms with E-state index in [2.05, 4.69) is 5.32 Å². The van der Waals surface area contributed by atoms with Gasteiger partial charge in [0.05, 0.1) is 11.7 Å². The minimum absolute atomic E-state index is 0.0338. The standard InChI is InChI=1S/C19H23NO5/c1-11-6-7-15(22)18(24)14(21)5-3-4-13-8-12(2)9-16(23)17(13)19(25)20-10-11/h3-4,6-9,11,14,18,21,23-24H,5,10H2,1-2H3,(H,20,25)/b4-3+,7-6?/t11-,14+,18+/m1/s1. The van der Waals surface area contributed by atoms with Gasteiger partial charge in [0.1, 0.15) is 11.9 Å². The fourth-order valence-electron chi connectivity index (χ4n) is 2.59. The molecule has 25 heavy (non-hydrogen) atoms. The van der Waals surface area contributed by atoms with Crippen LogP contribution in [0.1, 0.15) is 34.8 Å². The zero-order valence-electron chi connectivity index (χ0n) is 14.3. The number of hydrogen-bond donors (Lipinski definition) is 4. The summed E-state index contributed by atoms with van der Waals surface area (Å²) < 4.78 is 0. The summed E-state index contributed by atoms with van der Waals surface area (Å²) in [7, 11) is 0. The van der Waals surface area contributed by atoms with Crippen LogP contribution in [0.2, 0.25) is 0 Å². The third-order valence-electron chi connectivity index (χ3n) is 4.02. The Hall–Kier alpha value is -2.44. The van der Waals surface area contributed by atoms with E-state index >= 15 is 0 Å². The Labute approximate surface area is 146 Å². The lowest BCUT2D eigenvalue weighted by molar-refractivity contribution is -0.127. The Kier molecular flexibility index (Phi) is 6.12. The Bertz CT molecular complexity index is 723. The van der Waals surface area contributed by atoms with Gasteiger partial charge in [-0.05, 0) is 42.5 Å². The number of phenols is 1. The largest absolute Gasteiger partial charge is 0.507 e. The summed E-state index contributed by atoms with van der Waals surface area (Å²) in [5.74, 6) is -1.28. The highest BCUT2D eigenvalue weighted by Gasteiger charge is 2.22. The van der Waals surface area contributed by atoms with E-state index in [1.54, 1.807) is 38.1 Å². The number of carbonyl (C=O) groups is 2. The maximum Gasteiger partial charge on any atom is 0.255 e. The van der Waals surface area contributed by atoms with Crippen LogP contribution in [-0.2, 0) is 4.79 Å². The van der Waals surface area contributed by atoms with Crippen LogP contribution in [0.3, 0.4) is 0 Å². The predicted octanol–water partition coefficient (Wildman–Crippen LogP) is 1.33. The number of rotatable bonds is 0. The minimum Gasteiger partial charge on any atom is -0.507 e. The van der Waals surface area contributed by atoms with Crippen LogP contribution in [0.5, 0.6) is 5.75 Å². The maximum atomic E-state index is 12.4. The topological polar surface area (TPSA) is 107 Å². The molecule has 6 heteroatoms. The number of hydrogen-bond acceptors (Lipinski definition) is 5. The highest BCUT2D eigenvalue weighted by Crippen LogP contribution is 2.25. The van der Waals surface area contributed by atoms with Gasteiger partial charge in [0.2, 0.25) is 0 Å². The molecule has 1 aromatic carbocycles. The molecule has 1 aromatic rings. The van der Waals surface area contributed by atoms with E-state index in [4.69, 9.17) is 0 Å². The predicted molar refractivity (Wildman–Crippen MR) is 94.2 cm³/mol. The van der Waals surface area contributed by atoms with Crippen molar-refractivity contribution >= 4 is 17.8 Å². The molecule has 0 radical (unpaired) electrons. The zero-order chi connectivity index (χ0) is 18.6. The van der Waals surface area contributed by atoms with Crippen LogP contribution < -0.4 is 5.32 Å². The van der Waals surface area contributed by atoms with E-state index < -0.39 is 23.9 Å². The molecule has 2 rings (SSSR count). The third kappa shape index (κ3) is 4.78. The number of phenolic OH excluding ortho intramolecular Hbond substituents is 1. The third-order valence-corrected chi connectivity index (χ3v) is 4.02. The first-order chi connectivity index (χ1) is 11.8. The van der Waals surface area contributed by atoms with Gasteiger partial charge < -0.3 is 20.6 Å². The number of aliphatic hydroxyl groups is 2. The molecule has 3 atom stereocenters. The van der Waals surface area contributed by atoms with Crippen molar-refractivity contribution in [3.63, 3.8) is 0 Å². The summed E-state index contributed by atoms with van der Waals surface area (Å²) in [6.07, 6.45) is 3.22. The molecule has 6 nitrogen and oxygen atoms in total. The molecule has 0 fully saturated rings. The molecule has 1 aliphatic heterocycles. The zero-order valence-corrected chi connectivity index (χ0v) is 14.3. The van der Waals surface area contributed by atoms with Gasteiger partial charge in [-0.25, -0.2) is 0 Å². The van der Waals surface area contributed by atoms with Gasteiger partial charge in [-0.3, -0.25) is 9.59 Å². The van der Waals surface area contributed by atoms with E-state index in [9.17, 15) is 24.9 Å². The average molecular weight is 345 g/mol. The van der Waals surface area contributed by atoms with E-state index in [0.717, 1.165) is 5.56 Å². The molecule has 0 spiro atoms. The number of aromatic hydroxyl groups is 1. The molecule has 0 saturated carbocycles. The number of benzene rings is 1. The first kappa shape index (κ1) is 18.9. The van der Waals surface area contributed by atoms with Crippen LogP contribution in [0, 0.1) is 12.8 Å². The van der Waals surface area contributed by atoms with Crippen LogP contribution in [0.25, 0.3) is 6.08 Å². The van der Waals surface area contributed by atoms with Crippen LogP contribution >= 0.6 is 0 Å². The smallest absolute Gasteiger partial charge is 0.255 e. The maximum absolute atomic E-state index is 12.4. The SMILES string of the molecule is Cc1cc(O)c2c(c1)/C=C/C[C@H](O)[C@H](O)C(=O)C=C[C@@H](C)CNC2=O. The second kappa shape index (κ2) is 8.09. The van der Waals surface area contributed by atoms with E-state index in [-0.39, 0.29) is 30.2 Å². The van der Waals surface area contributed by atoms with Crippen molar-refractivity contribution in [2.24, 2.45) is 5.92 Å². The lowest BCUT2D eigenvalue weighted by atomic mass is 9.99. The number of amides is 1. The Morgan fingerprint density at radius 2 is 1.88 bits per heavy atom. The van der Waals surface area contributed by atoms with Crippen molar-refractivity contribution in [1.29, 1.82) is 0 Å². The van der Waals surface area contributed by atoms with Crippen LogP contribution in [0.4, 0.5) is 0 Å². The quantitative estimate of drug-likeness (QED) is 0.567. The van der Waals surface area contributed by atoms with Crippen molar-refractivity contribution in [2.45, 2.75) is 32.5 Å². The van der Waals surface area contributed by atoms with E-state index in [1.165, 1.54) is 12.1 Å². The van der Waals surface area contributed by atoms with Gasteiger partial charge in [-0.1, -0.05) is 31.2 Å². The average Bonchev–Trinajstić information content (AvgIpc) is 2.55. The van der Waals surface area contributed by atoms with Gasteiger partial charge in [0, 0.05) is 6.54 Å². The second-order valence-corrected chi connectivity index (χ2v) is 6.35. The fraction of sp³-hybridized carbons (Fsp3) is 0.368. The summed E-state index contributed by atoms with van der Waals surface area (Å²) in [5, 5.41) is 32.7. The Morgan fingerprint density at radius 3 is 2.60 bits per heavy atom. The van der Waals surface area contributed by atoms with Gasteiger partial charge in [0.25, 0.3) is 5.91 Å². The van der Waals surface area contributed by atoms with E-state index in [1.807, 2.05) is 0 Å². The summed E-state index contributed by atoms with van der Waals surface area (Å²) in [5.41, 5.74) is 1.44. The van der Waals surface area contributed by atoms with Crippen molar-refractivity contribution in [3.8, 4) is 5.75 Å². The highest BCUT2D eigenvalue weighted by atomic mass is 16.3. The summed E-state index contributed by atoms with van der Waals surface area (Å²) >= 11 is 0. The van der Waals surface area contributed by atoms with Gasteiger partial charge in [-0.15, -0.1) is 0 Å². The fourth-order valence-corrected chi connectivity index (χ4v) is 2.59. The molecule has 1 aliphatic rings. The first-order valence-corrected chi connectivity index (χ1v) is 8.16. The lowest BCUT2D eigenvalue weighted by Gasteiger charge is -2.16. The molecule has 0 unspecified atom stereocenters. The molecule has 1 amide bonds. The number of nitrogens with one attached hydrogen (secondary N) is 1. The van der Waals surface area contributed by atoms with Gasteiger partial charge in [0.15, 0.2) is 5.78 Å². The molecule has 0 bridgehead atoms.